The minimum Gasteiger partial charge on any atom is -0.284 e. The van der Waals surface area contributed by atoms with E-state index in [2.05, 4.69) is 0 Å². The molecule has 1 aliphatic carbocycles. The predicted molar refractivity (Wildman–Crippen MR) is 48.2 cm³/mol. The number of alkyl halides is 1. The maximum Gasteiger partial charge on any atom is 0.302 e. The molecule has 13 heavy (non-hydrogen) atoms. The summed E-state index contributed by atoms with van der Waals surface area (Å²) >= 11 is -2.24. The molecular formula is C8H15FO3S. The van der Waals surface area contributed by atoms with E-state index >= 15 is 0 Å². The van der Waals surface area contributed by atoms with Gasteiger partial charge >= 0.3 is 11.4 Å². The van der Waals surface area contributed by atoms with Gasteiger partial charge in [0, 0.05) is 0 Å². The summed E-state index contributed by atoms with van der Waals surface area (Å²) < 4.78 is 36.9. The molecule has 1 aliphatic rings. The van der Waals surface area contributed by atoms with Gasteiger partial charge in [-0.1, -0.05) is 6.92 Å². The largest absolute Gasteiger partial charge is 0.302 e. The Balaban J connectivity index is 2.55. The molecule has 0 aromatic rings. The molecule has 0 aliphatic heterocycles. The molecular weight excluding hydrogens is 195 g/mol. The summed E-state index contributed by atoms with van der Waals surface area (Å²) in [7, 11) is 0. The summed E-state index contributed by atoms with van der Waals surface area (Å²) in [5.74, 6) is 0. The van der Waals surface area contributed by atoms with E-state index in [1.807, 2.05) is 6.92 Å². The SMILES string of the molecule is CCC1(OS(=O)O)CCC(F)CC1. The lowest BCUT2D eigenvalue weighted by Gasteiger charge is -2.35. The molecule has 1 saturated carbocycles. The summed E-state index contributed by atoms with van der Waals surface area (Å²) in [5.41, 5.74) is -0.567. The average Bonchev–Trinajstić information content (AvgIpc) is 2.09. The van der Waals surface area contributed by atoms with Crippen molar-refractivity contribution in [3.63, 3.8) is 0 Å². The van der Waals surface area contributed by atoms with Crippen LogP contribution in [-0.2, 0) is 15.5 Å². The van der Waals surface area contributed by atoms with Crippen molar-refractivity contribution in [3.05, 3.63) is 0 Å². The van der Waals surface area contributed by atoms with Crippen molar-refractivity contribution in [2.75, 3.05) is 0 Å². The van der Waals surface area contributed by atoms with E-state index < -0.39 is 23.1 Å². The van der Waals surface area contributed by atoms with Crippen molar-refractivity contribution in [2.24, 2.45) is 0 Å². The summed E-state index contributed by atoms with van der Waals surface area (Å²) in [6.07, 6.45) is 1.84. The Kier molecular flexibility index (Phi) is 3.82. The smallest absolute Gasteiger partial charge is 0.284 e. The molecule has 0 saturated heterocycles. The van der Waals surface area contributed by atoms with Crippen molar-refractivity contribution >= 4 is 11.4 Å². The van der Waals surface area contributed by atoms with Gasteiger partial charge in [0.15, 0.2) is 0 Å². The van der Waals surface area contributed by atoms with Crippen LogP contribution in [0.2, 0.25) is 0 Å². The molecule has 0 bridgehead atoms. The number of rotatable bonds is 3. The molecule has 3 nitrogen and oxygen atoms in total. The van der Waals surface area contributed by atoms with Gasteiger partial charge in [-0.2, -0.15) is 4.21 Å². The first-order chi connectivity index (χ1) is 6.08. The lowest BCUT2D eigenvalue weighted by molar-refractivity contribution is 0.00983. The molecule has 0 heterocycles. The fraction of sp³-hybridized carbons (Fsp3) is 1.00. The second kappa shape index (κ2) is 4.48. The van der Waals surface area contributed by atoms with Crippen molar-refractivity contribution in [2.45, 2.75) is 50.8 Å². The highest BCUT2D eigenvalue weighted by Gasteiger charge is 2.36. The average molecular weight is 210 g/mol. The topological polar surface area (TPSA) is 46.5 Å². The van der Waals surface area contributed by atoms with Crippen molar-refractivity contribution in [3.8, 4) is 0 Å². The van der Waals surface area contributed by atoms with E-state index in [4.69, 9.17) is 8.74 Å². The molecule has 1 N–H and O–H groups in total. The second-order valence-electron chi connectivity index (χ2n) is 3.51. The van der Waals surface area contributed by atoms with Crippen LogP contribution in [0.4, 0.5) is 4.39 Å². The van der Waals surface area contributed by atoms with Crippen LogP contribution in [-0.4, -0.2) is 20.5 Å². The van der Waals surface area contributed by atoms with Crippen LogP contribution in [0.5, 0.6) is 0 Å². The normalized spacial score (nSPS) is 37.3. The zero-order valence-corrected chi connectivity index (χ0v) is 8.48. The molecule has 1 rings (SSSR count). The fourth-order valence-corrected chi connectivity index (χ4v) is 2.34. The van der Waals surface area contributed by atoms with E-state index in [0.29, 0.717) is 32.1 Å². The number of hydrogen-bond acceptors (Lipinski definition) is 2. The van der Waals surface area contributed by atoms with E-state index in [1.54, 1.807) is 0 Å². The third-order valence-corrected chi connectivity index (χ3v) is 3.21. The van der Waals surface area contributed by atoms with Crippen molar-refractivity contribution < 1.29 is 17.3 Å². The first-order valence-electron chi connectivity index (χ1n) is 4.52. The van der Waals surface area contributed by atoms with Gasteiger partial charge in [0.05, 0.1) is 5.60 Å². The Morgan fingerprint density at radius 3 is 2.54 bits per heavy atom. The van der Waals surface area contributed by atoms with Crippen LogP contribution in [0, 0.1) is 0 Å². The van der Waals surface area contributed by atoms with Gasteiger partial charge < -0.3 is 0 Å². The Labute approximate surface area is 80.2 Å². The maximum absolute atomic E-state index is 12.8. The molecule has 1 fully saturated rings. The highest BCUT2D eigenvalue weighted by molar-refractivity contribution is 7.74. The number of hydrogen-bond donors (Lipinski definition) is 1. The summed E-state index contributed by atoms with van der Waals surface area (Å²) in [6.45, 7) is 1.89. The fourth-order valence-electron chi connectivity index (χ4n) is 1.76. The molecule has 0 amide bonds. The predicted octanol–water partition coefficient (Wildman–Crippen LogP) is 2.20. The molecule has 0 radical (unpaired) electrons. The molecule has 1 unspecified atom stereocenters. The lowest BCUT2D eigenvalue weighted by Crippen LogP contribution is -2.37. The maximum atomic E-state index is 12.8. The quantitative estimate of drug-likeness (QED) is 0.726. The molecule has 0 spiro atoms. The lowest BCUT2D eigenvalue weighted by atomic mass is 9.82. The summed E-state index contributed by atoms with van der Waals surface area (Å²) in [5, 5.41) is 0. The van der Waals surface area contributed by atoms with Crippen molar-refractivity contribution in [1.29, 1.82) is 0 Å². The zero-order valence-electron chi connectivity index (χ0n) is 7.66. The molecule has 78 valence electrons. The van der Waals surface area contributed by atoms with Gasteiger partial charge in [-0.25, -0.2) is 4.39 Å². The Hall–Kier alpha value is -0.0000000000000000278. The molecule has 1 atom stereocenters. The monoisotopic (exact) mass is 210 g/mol. The standard InChI is InChI=1S/C8H15FO3S/c1-2-8(12-13(10)11)5-3-7(9)4-6-8/h7H,2-6H2,1H3,(H,10,11). The van der Waals surface area contributed by atoms with Crippen LogP contribution in [0.1, 0.15) is 39.0 Å². The third kappa shape index (κ3) is 3.00. The summed E-state index contributed by atoms with van der Waals surface area (Å²) in [6, 6.07) is 0. The highest BCUT2D eigenvalue weighted by atomic mass is 32.2. The van der Waals surface area contributed by atoms with Crippen LogP contribution in [0.15, 0.2) is 0 Å². The second-order valence-corrected chi connectivity index (χ2v) is 4.11. The Bertz CT molecular complexity index is 190. The highest BCUT2D eigenvalue weighted by Crippen LogP contribution is 2.36. The van der Waals surface area contributed by atoms with Gasteiger partial charge in [-0.15, -0.1) is 0 Å². The third-order valence-electron chi connectivity index (χ3n) is 2.72. The van der Waals surface area contributed by atoms with Gasteiger partial charge in [0.25, 0.3) is 0 Å². The zero-order chi connectivity index (χ0) is 9.90. The summed E-state index contributed by atoms with van der Waals surface area (Å²) in [4.78, 5) is 0. The van der Waals surface area contributed by atoms with E-state index in [9.17, 15) is 8.60 Å². The minimum atomic E-state index is -2.24. The van der Waals surface area contributed by atoms with Gasteiger partial charge in [0.1, 0.15) is 6.17 Å². The molecule has 5 heteroatoms. The van der Waals surface area contributed by atoms with Crippen molar-refractivity contribution in [1.82, 2.24) is 0 Å². The van der Waals surface area contributed by atoms with E-state index in [0.717, 1.165) is 0 Å². The number of halogens is 1. The van der Waals surface area contributed by atoms with Crippen LogP contribution in [0.3, 0.4) is 0 Å². The van der Waals surface area contributed by atoms with Crippen LogP contribution in [0.25, 0.3) is 0 Å². The van der Waals surface area contributed by atoms with E-state index in [-0.39, 0.29) is 0 Å². The Morgan fingerprint density at radius 2 is 2.15 bits per heavy atom. The van der Waals surface area contributed by atoms with Crippen LogP contribution >= 0.6 is 0 Å². The minimum absolute atomic E-state index is 0.436. The molecule has 0 aromatic heterocycles. The van der Waals surface area contributed by atoms with Gasteiger partial charge in [-0.3, -0.25) is 8.74 Å². The first kappa shape index (κ1) is 11.1. The van der Waals surface area contributed by atoms with E-state index in [1.165, 1.54) is 0 Å². The van der Waals surface area contributed by atoms with Gasteiger partial charge in [0.2, 0.25) is 0 Å². The Morgan fingerprint density at radius 1 is 1.62 bits per heavy atom. The first-order valence-corrected chi connectivity index (χ1v) is 5.55. The van der Waals surface area contributed by atoms with Gasteiger partial charge in [-0.05, 0) is 32.1 Å². The van der Waals surface area contributed by atoms with Crippen LogP contribution < -0.4 is 0 Å². The molecule has 0 aromatic carbocycles.